The minimum absolute atomic E-state index is 0.0476. The molecule has 0 amide bonds. The first kappa shape index (κ1) is 49.0. The van der Waals surface area contributed by atoms with Crippen LogP contribution in [-0.4, -0.2) is 117 Å². The van der Waals surface area contributed by atoms with Gasteiger partial charge >= 0.3 is 0 Å². The summed E-state index contributed by atoms with van der Waals surface area (Å²) >= 11 is -1.27. The molecule has 0 radical (unpaired) electrons. The normalized spacial score (nSPS) is 18.5. The number of benzene rings is 2. The summed E-state index contributed by atoms with van der Waals surface area (Å²) < 4.78 is 63.1. The fourth-order valence-corrected chi connectivity index (χ4v) is 12.1. The van der Waals surface area contributed by atoms with Gasteiger partial charge in [0.2, 0.25) is 9.84 Å². The van der Waals surface area contributed by atoms with E-state index in [1.807, 2.05) is 12.1 Å². The van der Waals surface area contributed by atoms with Crippen molar-refractivity contribution < 1.29 is 22.1 Å². The number of pyridine rings is 1. The molecule has 9 nitrogen and oxygen atoms in total. The molecule has 3 saturated heterocycles. The molecule has 3 aromatic rings. The number of anilines is 1. The number of unbranched alkanes of at least 4 members (excludes halogenated alkanes) is 15. The minimum Gasteiger partial charge on any atom is -0.612 e. The van der Waals surface area contributed by atoms with Crippen molar-refractivity contribution >= 4 is 37.6 Å². The quantitative estimate of drug-likeness (QED) is 0.0609. The molecule has 1 unspecified atom stereocenters. The lowest BCUT2D eigenvalue weighted by Crippen LogP contribution is -2.56. The van der Waals surface area contributed by atoms with Crippen molar-refractivity contribution in [1.82, 2.24) is 19.7 Å². The number of hydrogen-bond acceptors (Lipinski definition) is 9. The van der Waals surface area contributed by atoms with Crippen LogP contribution in [0.3, 0.4) is 0 Å². The molecule has 1 aromatic heterocycles. The molecular weight excluding hydrogens is 818 g/mol. The molecule has 0 aliphatic carbocycles. The Bertz CT molecular complexity index is 1890. The Hall–Kier alpha value is -2.48. The third-order valence-electron chi connectivity index (χ3n) is 14.0. The van der Waals surface area contributed by atoms with E-state index in [2.05, 4.69) is 38.4 Å². The second kappa shape index (κ2) is 25.3. The number of sulfone groups is 1. The van der Waals surface area contributed by atoms with E-state index in [-0.39, 0.29) is 15.5 Å². The summed E-state index contributed by atoms with van der Waals surface area (Å²) in [5.41, 5.74) is 1.20. The predicted molar refractivity (Wildman–Crippen MR) is 254 cm³/mol. The van der Waals surface area contributed by atoms with Crippen LogP contribution in [0.25, 0.3) is 10.9 Å². The van der Waals surface area contributed by atoms with Gasteiger partial charge in [0.25, 0.3) is 0 Å². The molecule has 6 rings (SSSR count). The van der Waals surface area contributed by atoms with Crippen molar-refractivity contribution in [2.45, 2.75) is 169 Å². The summed E-state index contributed by atoms with van der Waals surface area (Å²) in [7, 11) is -4.19. The highest BCUT2D eigenvalue weighted by Crippen LogP contribution is 2.39. The smallest absolute Gasteiger partial charge is 0.210 e. The zero-order valence-electron chi connectivity index (χ0n) is 38.5. The largest absolute Gasteiger partial charge is 0.612 e. The number of aromatic nitrogens is 1. The van der Waals surface area contributed by atoms with Crippen LogP contribution in [0.15, 0.2) is 57.3 Å². The van der Waals surface area contributed by atoms with Gasteiger partial charge in [-0.1, -0.05) is 110 Å². The third-order valence-corrected chi connectivity index (χ3v) is 16.7. The molecule has 346 valence electrons. The van der Waals surface area contributed by atoms with E-state index in [0.717, 1.165) is 70.9 Å². The van der Waals surface area contributed by atoms with Crippen molar-refractivity contribution in [3.05, 3.63) is 48.4 Å². The molecule has 4 heterocycles. The maximum Gasteiger partial charge on any atom is 0.210 e. The molecule has 3 aliphatic heterocycles. The average molecular weight is 896 g/mol. The van der Waals surface area contributed by atoms with Gasteiger partial charge < -0.3 is 19.1 Å². The van der Waals surface area contributed by atoms with Crippen molar-refractivity contribution in [3.8, 4) is 5.75 Å². The molecule has 1 atom stereocenters. The number of piperazine rings is 1. The van der Waals surface area contributed by atoms with Crippen molar-refractivity contribution in [2.75, 3.05) is 76.7 Å². The number of rotatable bonds is 25. The van der Waals surface area contributed by atoms with Crippen LogP contribution in [0.2, 0.25) is 0 Å². The van der Waals surface area contributed by atoms with Crippen LogP contribution in [0, 0.1) is 5.82 Å². The highest BCUT2D eigenvalue weighted by Gasteiger charge is 2.34. The van der Waals surface area contributed by atoms with Crippen LogP contribution in [0.4, 0.5) is 10.1 Å². The first-order chi connectivity index (χ1) is 30.2. The van der Waals surface area contributed by atoms with Gasteiger partial charge in [0.1, 0.15) is 11.2 Å². The van der Waals surface area contributed by atoms with Gasteiger partial charge in [-0.2, -0.15) is 0 Å². The lowest BCUT2D eigenvalue weighted by molar-refractivity contribution is 0.0384. The fourth-order valence-electron chi connectivity index (χ4n) is 10.1. The van der Waals surface area contributed by atoms with E-state index in [9.17, 15) is 13.0 Å². The van der Waals surface area contributed by atoms with Crippen LogP contribution in [0.5, 0.6) is 5.75 Å². The number of piperidine rings is 2. The summed E-state index contributed by atoms with van der Waals surface area (Å²) in [4.78, 5) is 15.2. The van der Waals surface area contributed by atoms with Gasteiger partial charge in [-0.3, -0.25) is 14.8 Å². The van der Waals surface area contributed by atoms with E-state index < -0.39 is 26.8 Å². The van der Waals surface area contributed by atoms with Crippen molar-refractivity contribution in [3.63, 3.8) is 0 Å². The van der Waals surface area contributed by atoms with Crippen LogP contribution >= 0.6 is 0 Å². The standard InChI is InChI=1S/C50H78FN5O4S2/c1-4-6-7-8-9-10-11-12-13-14-15-16-17-18-19-20-37-60-48-24-22-44(39-46(48)51)62(58,59)49-40-52-47-23-21-43(61(3)57)38-45(47)50(49)56-31-27-42(28-32-56)55-35-33-54(34-36-55)41-25-29-53(5-2)30-26-41/h21-24,38-42H,4-20,25-37H2,1-3H3. The van der Waals surface area contributed by atoms with Crippen LogP contribution in [-0.2, 0) is 21.0 Å². The number of fused-ring (bicyclic) bond motifs is 1. The first-order valence-corrected chi connectivity index (χ1v) is 27.6. The number of hydrogen-bond donors (Lipinski definition) is 0. The summed E-state index contributed by atoms with van der Waals surface area (Å²) in [5, 5.41) is 0.652. The maximum absolute atomic E-state index is 15.6. The molecule has 3 aliphatic rings. The number of nitrogens with zero attached hydrogens (tertiary/aromatic N) is 5. The SMILES string of the molecule is CCCCCCCCCCCCCCCCCCOc1ccc(S(=O)(=O)c2cnc3ccc([S+](C)[O-])cc3c2N2CCC(N3CCN(C4CCN(CC)CC4)CC3)CC2)cc1F. The highest BCUT2D eigenvalue weighted by atomic mass is 32.2. The molecule has 0 spiro atoms. The number of likely N-dealkylation sites (tertiary alicyclic amines) is 1. The molecule has 2 aromatic carbocycles. The van der Waals surface area contributed by atoms with Gasteiger partial charge in [-0.25, -0.2) is 12.8 Å². The zero-order chi connectivity index (χ0) is 43.7. The minimum atomic E-state index is -4.19. The fraction of sp³-hybridized carbons (Fsp3) is 0.700. The molecule has 0 N–H and O–H groups in total. The lowest BCUT2D eigenvalue weighted by atomic mass is 9.99. The van der Waals surface area contributed by atoms with Crippen LogP contribution in [0.1, 0.15) is 142 Å². The highest BCUT2D eigenvalue weighted by molar-refractivity contribution is 7.91. The number of halogens is 1. The Balaban J connectivity index is 1.00. The van der Waals surface area contributed by atoms with E-state index >= 15 is 4.39 Å². The summed E-state index contributed by atoms with van der Waals surface area (Å²) in [6.07, 6.45) is 27.9. The first-order valence-electron chi connectivity index (χ1n) is 24.6. The van der Waals surface area contributed by atoms with Crippen molar-refractivity contribution in [1.29, 1.82) is 0 Å². The second-order valence-electron chi connectivity index (χ2n) is 18.3. The molecule has 3 fully saturated rings. The Morgan fingerprint density at radius 1 is 0.710 bits per heavy atom. The van der Waals surface area contributed by atoms with E-state index in [1.54, 1.807) is 12.3 Å². The van der Waals surface area contributed by atoms with E-state index in [4.69, 9.17) is 4.74 Å². The number of ether oxygens (including phenoxy) is 1. The van der Waals surface area contributed by atoms with Crippen molar-refractivity contribution in [2.24, 2.45) is 0 Å². The van der Waals surface area contributed by atoms with Gasteiger partial charge in [-0.05, 0) is 93.2 Å². The Morgan fingerprint density at radius 2 is 1.24 bits per heavy atom. The zero-order valence-corrected chi connectivity index (χ0v) is 40.1. The molecular formula is C50H78FN5O4S2. The van der Waals surface area contributed by atoms with Gasteiger partial charge in [0.05, 0.1) is 22.7 Å². The Labute approximate surface area is 377 Å². The van der Waals surface area contributed by atoms with E-state index in [0.29, 0.717) is 53.3 Å². The molecule has 0 saturated carbocycles. The lowest BCUT2D eigenvalue weighted by Gasteiger charge is -2.46. The molecule has 0 bridgehead atoms. The monoisotopic (exact) mass is 896 g/mol. The van der Waals surface area contributed by atoms with Gasteiger partial charge in [-0.15, -0.1) is 0 Å². The topological polar surface area (TPSA) is 92.3 Å². The van der Waals surface area contributed by atoms with E-state index in [1.165, 1.54) is 128 Å². The average Bonchev–Trinajstić information content (AvgIpc) is 3.30. The summed E-state index contributed by atoms with van der Waals surface area (Å²) in [6, 6.07) is 10.5. The molecule has 62 heavy (non-hydrogen) atoms. The Kier molecular flexibility index (Phi) is 20.0. The van der Waals surface area contributed by atoms with Gasteiger partial charge in [0, 0.05) is 69.0 Å². The molecule has 12 heteroatoms. The van der Waals surface area contributed by atoms with Gasteiger partial charge in [0.15, 0.2) is 16.5 Å². The summed E-state index contributed by atoms with van der Waals surface area (Å²) in [5.74, 6) is -0.615. The summed E-state index contributed by atoms with van der Waals surface area (Å²) in [6.45, 7) is 14.2. The predicted octanol–water partition coefficient (Wildman–Crippen LogP) is 10.7. The second-order valence-corrected chi connectivity index (χ2v) is 21.6. The maximum atomic E-state index is 15.6. The van der Waals surface area contributed by atoms with Crippen LogP contribution < -0.4 is 9.64 Å². The Morgan fingerprint density at radius 3 is 1.76 bits per heavy atom. The third kappa shape index (κ3) is 13.8.